The number of pyridine rings is 2. The van der Waals surface area contributed by atoms with Gasteiger partial charge in [-0.25, -0.2) is 14.4 Å². The summed E-state index contributed by atoms with van der Waals surface area (Å²) in [4.78, 5) is 13.3. The zero-order valence-electron chi connectivity index (χ0n) is 17.5. The Kier molecular flexibility index (Phi) is 4.59. The van der Waals surface area contributed by atoms with Gasteiger partial charge in [-0.05, 0) is 49.7 Å². The summed E-state index contributed by atoms with van der Waals surface area (Å²) in [6, 6.07) is 12.3. The molecule has 0 saturated carbocycles. The number of rotatable bonds is 0. The van der Waals surface area contributed by atoms with Gasteiger partial charge in [0.05, 0.1) is 17.9 Å². The average molecular weight is 426 g/mol. The number of benzene rings is 1. The maximum atomic E-state index is 14.2. The Morgan fingerprint density at radius 3 is 2.91 bits per heavy atom. The molecule has 2 N–H and O–H groups in total. The molecule has 32 heavy (non-hydrogen) atoms. The third-order valence-corrected chi connectivity index (χ3v) is 5.65. The van der Waals surface area contributed by atoms with Crippen molar-refractivity contribution >= 4 is 5.82 Å². The molecule has 5 rings (SSSR count). The molecule has 4 aromatic rings. The fraction of sp³-hybridized carbons (Fsp3) is 0.167. The number of imidazole rings is 1. The molecule has 0 spiro atoms. The van der Waals surface area contributed by atoms with Crippen LogP contribution in [0.2, 0.25) is 0 Å². The number of anilines is 1. The predicted octanol–water partition coefficient (Wildman–Crippen LogP) is 4.41. The maximum Gasteiger partial charge on any atom is 0.166 e. The van der Waals surface area contributed by atoms with E-state index in [-0.39, 0.29) is 17.3 Å². The molecule has 1 aliphatic rings. The van der Waals surface area contributed by atoms with Gasteiger partial charge in [0.2, 0.25) is 0 Å². The van der Waals surface area contributed by atoms with Crippen LogP contribution in [-0.2, 0) is 6.54 Å². The molecule has 0 amide bonds. The lowest BCUT2D eigenvalue weighted by atomic mass is 9.96. The topological polar surface area (TPSA) is 103 Å². The molecule has 0 aliphatic carbocycles. The summed E-state index contributed by atoms with van der Waals surface area (Å²) in [6.45, 7) is 4.10. The van der Waals surface area contributed by atoms with E-state index in [0.717, 1.165) is 11.1 Å². The number of ether oxygens (including phenoxy) is 1. The number of aromatic nitrogens is 4. The van der Waals surface area contributed by atoms with Gasteiger partial charge in [-0.15, -0.1) is 0 Å². The molecule has 1 atom stereocenters. The van der Waals surface area contributed by atoms with E-state index in [1.807, 2.05) is 30.5 Å². The monoisotopic (exact) mass is 426 g/mol. The first-order chi connectivity index (χ1) is 15.5. The maximum absolute atomic E-state index is 14.2. The van der Waals surface area contributed by atoms with Gasteiger partial charge in [0, 0.05) is 29.1 Å². The minimum Gasteiger partial charge on any atom is -0.482 e. The number of nitriles is 1. The largest absolute Gasteiger partial charge is 0.482 e. The van der Waals surface area contributed by atoms with Crippen molar-refractivity contribution in [1.29, 1.82) is 5.26 Å². The third kappa shape index (κ3) is 3.15. The lowest BCUT2D eigenvalue weighted by Crippen LogP contribution is -2.12. The highest BCUT2D eigenvalue weighted by Gasteiger charge is 2.24. The summed E-state index contributed by atoms with van der Waals surface area (Å²) in [6.07, 6.45) is 2.77. The predicted molar refractivity (Wildman–Crippen MR) is 117 cm³/mol. The number of hydrogen-bond acceptors (Lipinski definition) is 6. The Morgan fingerprint density at radius 1 is 1.25 bits per heavy atom. The van der Waals surface area contributed by atoms with Gasteiger partial charge < -0.3 is 15.0 Å². The molecule has 0 saturated heterocycles. The van der Waals surface area contributed by atoms with Crippen LogP contribution in [0.25, 0.3) is 22.5 Å². The molecule has 1 aliphatic heterocycles. The van der Waals surface area contributed by atoms with Crippen molar-refractivity contribution in [2.75, 3.05) is 5.73 Å². The fourth-order valence-corrected chi connectivity index (χ4v) is 4.13. The Labute approximate surface area is 184 Å². The van der Waals surface area contributed by atoms with Gasteiger partial charge in [-0.2, -0.15) is 5.26 Å². The van der Waals surface area contributed by atoms with Gasteiger partial charge in [0.25, 0.3) is 0 Å². The van der Waals surface area contributed by atoms with Crippen molar-refractivity contribution in [1.82, 2.24) is 19.5 Å². The van der Waals surface area contributed by atoms with E-state index in [1.54, 1.807) is 24.5 Å². The molecule has 7 nitrogen and oxygen atoms in total. The van der Waals surface area contributed by atoms with Crippen molar-refractivity contribution in [3.63, 3.8) is 0 Å². The lowest BCUT2D eigenvalue weighted by molar-refractivity contribution is 0.227. The highest BCUT2D eigenvalue weighted by molar-refractivity contribution is 5.71. The number of aryl methyl sites for hydroxylation is 1. The Balaban J connectivity index is 1.85. The number of nitrogens with two attached hydrogens (primary N) is 1. The summed E-state index contributed by atoms with van der Waals surface area (Å²) < 4.78 is 22.3. The first-order valence-corrected chi connectivity index (χ1v) is 10.1. The zero-order valence-corrected chi connectivity index (χ0v) is 17.5. The van der Waals surface area contributed by atoms with Gasteiger partial charge >= 0.3 is 0 Å². The lowest BCUT2D eigenvalue weighted by Gasteiger charge is -2.22. The van der Waals surface area contributed by atoms with E-state index in [0.29, 0.717) is 40.6 Å². The fourth-order valence-electron chi connectivity index (χ4n) is 4.13. The Hall–Kier alpha value is -4.25. The zero-order chi connectivity index (χ0) is 22.4. The minimum absolute atomic E-state index is 0.204. The standard InChI is InChI=1S/C24H19FN6O/c1-13-19-9-17(25)5-6-18(19)22-15(4-3-7-28-22)12-31-14(2)30-20(10-26)23(31)16-8-21(32-13)24(27)29-11-16/h3-9,11,13H,12H2,1-2H3,(H2,27,29)/t13-/m1/s1. The highest BCUT2D eigenvalue weighted by atomic mass is 19.1. The van der Waals surface area contributed by atoms with Crippen LogP contribution in [0.4, 0.5) is 10.2 Å². The van der Waals surface area contributed by atoms with Crippen LogP contribution in [0.5, 0.6) is 5.75 Å². The Morgan fingerprint density at radius 2 is 2.09 bits per heavy atom. The van der Waals surface area contributed by atoms with E-state index < -0.39 is 6.10 Å². The molecule has 0 radical (unpaired) electrons. The SMILES string of the molecule is Cc1nc(C#N)c2n1Cc1cccnc1-c1ccc(F)cc1[C@@H](C)Oc1cc-2cnc1N. The second kappa shape index (κ2) is 7.46. The van der Waals surface area contributed by atoms with Gasteiger partial charge in [-0.1, -0.05) is 6.07 Å². The van der Waals surface area contributed by atoms with Crippen LogP contribution < -0.4 is 10.5 Å². The number of halogens is 1. The first kappa shape index (κ1) is 19.7. The van der Waals surface area contributed by atoms with Crippen molar-refractivity contribution in [3.05, 3.63) is 77.3 Å². The minimum atomic E-state index is -0.531. The van der Waals surface area contributed by atoms with Gasteiger partial charge in [0.15, 0.2) is 17.3 Å². The Bertz CT molecular complexity index is 1400. The van der Waals surface area contributed by atoms with E-state index in [2.05, 4.69) is 21.0 Å². The van der Waals surface area contributed by atoms with Crippen molar-refractivity contribution < 1.29 is 9.13 Å². The van der Waals surface area contributed by atoms with E-state index in [9.17, 15) is 9.65 Å². The molecule has 2 bridgehead atoms. The molecular formula is C24H19FN6O. The van der Waals surface area contributed by atoms with Crippen molar-refractivity contribution in [2.45, 2.75) is 26.5 Å². The van der Waals surface area contributed by atoms with Crippen LogP contribution in [0, 0.1) is 24.1 Å². The summed E-state index contributed by atoms with van der Waals surface area (Å²) in [7, 11) is 0. The summed E-state index contributed by atoms with van der Waals surface area (Å²) in [5.41, 5.74) is 10.7. The van der Waals surface area contributed by atoms with E-state index >= 15 is 0 Å². The summed E-state index contributed by atoms with van der Waals surface area (Å²) in [5, 5.41) is 9.72. The molecule has 4 heterocycles. The number of fused-ring (bicyclic) bond motifs is 7. The highest BCUT2D eigenvalue weighted by Crippen LogP contribution is 2.37. The smallest absolute Gasteiger partial charge is 0.166 e. The van der Waals surface area contributed by atoms with E-state index in [1.165, 1.54) is 12.1 Å². The molecule has 3 aromatic heterocycles. The second-order valence-electron chi connectivity index (χ2n) is 7.66. The van der Waals surface area contributed by atoms with E-state index in [4.69, 9.17) is 10.5 Å². The molecule has 0 fully saturated rings. The molecule has 0 unspecified atom stereocenters. The van der Waals surface area contributed by atoms with Crippen LogP contribution in [-0.4, -0.2) is 19.5 Å². The molecular weight excluding hydrogens is 407 g/mol. The average Bonchev–Trinajstić information content (AvgIpc) is 3.10. The normalized spacial score (nSPS) is 14.6. The van der Waals surface area contributed by atoms with Crippen LogP contribution in [0.3, 0.4) is 0 Å². The van der Waals surface area contributed by atoms with Crippen molar-refractivity contribution in [2.24, 2.45) is 0 Å². The summed E-state index contributed by atoms with van der Waals surface area (Å²) >= 11 is 0. The van der Waals surface area contributed by atoms with Crippen molar-refractivity contribution in [3.8, 4) is 34.3 Å². The quantitative estimate of drug-likeness (QED) is 0.447. The summed E-state index contributed by atoms with van der Waals surface area (Å²) in [5.74, 6) is 0.863. The van der Waals surface area contributed by atoms with Gasteiger partial charge in [0.1, 0.15) is 23.8 Å². The van der Waals surface area contributed by atoms with Crippen LogP contribution >= 0.6 is 0 Å². The molecule has 158 valence electrons. The van der Waals surface area contributed by atoms with Crippen LogP contribution in [0.1, 0.15) is 35.7 Å². The first-order valence-electron chi connectivity index (χ1n) is 10.1. The third-order valence-electron chi connectivity index (χ3n) is 5.65. The van der Waals surface area contributed by atoms with Crippen LogP contribution in [0.15, 0.2) is 48.8 Å². The molecule has 8 heteroatoms. The molecule has 1 aromatic carbocycles. The second-order valence-corrected chi connectivity index (χ2v) is 7.66. The number of nitrogens with zero attached hydrogens (tertiary/aromatic N) is 5. The number of nitrogen functional groups attached to an aromatic ring is 1. The van der Waals surface area contributed by atoms with Gasteiger partial charge in [-0.3, -0.25) is 4.98 Å². The number of hydrogen-bond donors (Lipinski definition) is 1.